The summed E-state index contributed by atoms with van der Waals surface area (Å²) in [5.74, 6) is -4.87. The van der Waals surface area contributed by atoms with E-state index in [1.165, 1.54) is 18.2 Å². The fourth-order valence-corrected chi connectivity index (χ4v) is 2.60. The lowest BCUT2D eigenvalue weighted by Gasteiger charge is -2.23. The third-order valence-electron chi connectivity index (χ3n) is 3.98. The van der Waals surface area contributed by atoms with Crippen LogP contribution in [0.5, 0.6) is 0 Å². The number of carbonyl (C=O) groups excluding carboxylic acids is 3. The van der Waals surface area contributed by atoms with Crippen LogP contribution in [0, 0.1) is 11.6 Å². The van der Waals surface area contributed by atoms with Crippen LogP contribution < -0.4 is 10.2 Å². The molecule has 0 bridgehead atoms. The lowest BCUT2D eigenvalue weighted by molar-refractivity contribution is -0.131. The molecule has 11 heteroatoms. The summed E-state index contributed by atoms with van der Waals surface area (Å²) < 4.78 is 52.1. The van der Waals surface area contributed by atoms with Gasteiger partial charge in [-0.25, -0.2) is 8.78 Å². The quantitative estimate of drug-likeness (QED) is 0.482. The first-order valence-corrected chi connectivity index (χ1v) is 8.75. The number of nitrogens with one attached hydrogen (secondary N) is 1. The Morgan fingerprint density at radius 1 is 1.07 bits per heavy atom. The standard InChI is InChI=1S/C19H15ClF4N2O4/c20-13-6-12(3-4-14(13)21)26(17(29)9-27)8-11-2-1-10(5-15(11)22)16(28)7-25-19(30)18(23)24/h1-6,18,27H,7-9H2,(H,25,30). The molecule has 2 rings (SSSR count). The van der Waals surface area contributed by atoms with E-state index in [9.17, 15) is 37.1 Å². The SMILES string of the molecule is O=C(CNC(=O)C(F)F)c1ccc(CN(C(=O)CO)c2ccc(F)c(Cl)c2)c(F)c1. The maximum Gasteiger partial charge on any atom is 0.315 e. The van der Waals surface area contributed by atoms with E-state index >= 15 is 0 Å². The fraction of sp³-hybridized carbons (Fsp3) is 0.211. The molecule has 0 fully saturated rings. The highest BCUT2D eigenvalue weighted by atomic mass is 35.5. The van der Waals surface area contributed by atoms with Crippen molar-refractivity contribution in [3.05, 3.63) is 64.2 Å². The second kappa shape index (κ2) is 10.2. The molecule has 6 nitrogen and oxygen atoms in total. The summed E-state index contributed by atoms with van der Waals surface area (Å²) in [7, 11) is 0. The van der Waals surface area contributed by atoms with Gasteiger partial charge in [-0.05, 0) is 24.3 Å². The van der Waals surface area contributed by atoms with Crippen LogP contribution in [-0.2, 0) is 16.1 Å². The number of anilines is 1. The predicted octanol–water partition coefficient (Wildman–Crippen LogP) is 2.71. The van der Waals surface area contributed by atoms with Crippen LogP contribution in [0.25, 0.3) is 0 Å². The summed E-state index contributed by atoms with van der Waals surface area (Å²) in [6.07, 6.45) is -3.29. The normalized spacial score (nSPS) is 10.8. The Kier molecular flexibility index (Phi) is 7.90. The first-order chi connectivity index (χ1) is 14.1. The molecule has 0 unspecified atom stereocenters. The van der Waals surface area contributed by atoms with Crippen LogP contribution in [0.15, 0.2) is 36.4 Å². The van der Waals surface area contributed by atoms with Crippen molar-refractivity contribution in [2.24, 2.45) is 0 Å². The van der Waals surface area contributed by atoms with Gasteiger partial charge < -0.3 is 15.3 Å². The number of ketones is 1. The van der Waals surface area contributed by atoms with Crippen molar-refractivity contribution in [3.63, 3.8) is 0 Å². The Hall–Kier alpha value is -2.98. The van der Waals surface area contributed by atoms with Gasteiger partial charge in [0.1, 0.15) is 18.2 Å². The molecule has 0 aliphatic carbocycles. The number of nitrogens with zero attached hydrogens (tertiary/aromatic N) is 1. The van der Waals surface area contributed by atoms with E-state index in [-0.39, 0.29) is 28.4 Å². The second-order valence-electron chi connectivity index (χ2n) is 5.98. The van der Waals surface area contributed by atoms with Crippen molar-refractivity contribution in [1.82, 2.24) is 5.32 Å². The Morgan fingerprint density at radius 3 is 2.33 bits per heavy atom. The minimum atomic E-state index is -3.29. The number of Topliss-reactive ketones (excluding diaryl/α,β-unsaturated/α-hetero) is 1. The molecular weight excluding hydrogens is 432 g/mol. The monoisotopic (exact) mass is 446 g/mol. The average molecular weight is 447 g/mol. The van der Waals surface area contributed by atoms with E-state index in [1.54, 1.807) is 5.32 Å². The highest BCUT2D eigenvalue weighted by Gasteiger charge is 2.20. The van der Waals surface area contributed by atoms with E-state index in [1.807, 2.05) is 0 Å². The molecule has 0 heterocycles. The molecule has 0 spiro atoms. The molecule has 0 aliphatic rings. The molecule has 160 valence electrons. The van der Waals surface area contributed by atoms with Crippen LogP contribution in [0.3, 0.4) is 0 Å². The number of alkyl halides is 2. The van der Waals surface area contributed by atoms with E-state index < -0.39 is 48.8 Å². The van der Waals surface area contributed by atoms with Gasteiger partial charge in [-0.3, -0.25) is 14.4 Å². The lowest BCUT2D eigenvalue weighted by Crippen LogP contribution is -2.34. The van der Waals surface area contributed by atoms with E-state index in [0.717, 1.165) is 23.1 Å². The molecule has 0 saturated heterocycles. The van der Waals surface area contributed by atoms with Gasteiger partial charge in [0.2, 0.25) is 0 Å². The van der Waals surface area contributed by atoms with Crippen molar-refractivity contribution in [2.75, 3.05) is 18.1 Å². The van der Waals surface area contributed by atoms with Crippen LogP contribution in [0.4, 0.5) is 23.2 Å². The highest BCUT2D eigenvalue weighted by molar-refractivity contribution is 6.31. The number of amides is 2. The molecule has 2 aromatic rings. The molecule has 0 radical (unpaired) electrons. The predicted molar refractivity (Wildman–Crippen MR) is 99.4 cm³/mol. The first kappa shape index (κ1) is 23.3. The number of aliphatic hydroxyl groups is 1. The summed E-state index contributed by atoms with van der Waals surface area (Å²) >= 11 is 5.70. The van der Waals surface area contributed by atoms with Gasteiger partial charge in [0.15, 0.2) is 5.78 Å². The summed E-state index contributed by atoms with van der Waals surface area (Å²) in [6.45, 7) is -2.02. The highest BCUT2D eigenvalue weighted by Crippen LogP contribution is 2.25. The topological polar surface area (TPSA) is 86.7 Å². The summed E-state index contributed by atoms with van der Waals surface area (Å²) in [4.78, 5) is 35.8. The maximum atomic E-state index is 14.5. The first-order valence-electron chi connectivity index (χ1n) is 8.37. The molecule has 30 heavy (non-hydrogen) atoms. The number of halogens is 5. The summed E-state index contributed by atoms with van der Waals surface area (Å²) in [5.41, 5.74) is -0.129. The number of aliphatic hydroxyl groups excluding tert-OH is 1. The van der Waals surface area contributed by atoms with Gasteiger partial charge in [-0.2, -0.15) is 8.78 Å². The zero-order valence-corrected chi connectivity index (χ0v) is 15.9. The van der Waals surface area contributed by atoms with Crippen LogP contribution in [-0.4, -0.2) is 42.3 Å². The summed E-state index contributed by atoms with van der Waals surface area (Å²) in [6, 6.07) is 6.55. The Bertz CT molecular complexity index is 972. The molecular formula is C19H15ClF4N2O4. The van der Waals surface area contributed by atoms with Gasteiger partial charge in [-0.15, -0.1) is 0 Å². The van der Waals surface area contributed by atoms with Gasteiger partial charge in [0.25, 0.3) is 11.8 Å². The second-order valence-corrected chi connectivity index (χ2v) is 6.39. The van der Waals surface area contributed by atoms with Crippen molar-refractivity contribution < 1.29 is 37.1 Å². The number of carbonyl (C=O) groups is 3. The van der Waals surface area contributed by atoms with Crippen LogP contribution in [0.1, 0.15) is 15.9 Å². The van der Waals surface area contributed by atoms with E-state index in [2.05, 4.69) is 0 Å². The van der Waals surface area contributed by atoms with Gasteiger partial charge >= 0.3 is 6.43 Å². The largest absolute Gasteiger partial charge is 0.387 e. The molecule has 0 aliphatic heterocycles. The molecule has 0 saturated carbocycles. The molecule has 0 aromatic heterocycles. The van der Waals surface area contributed by atoms with E-state index in [0.29, 0.717) is 0 Å². The van der Waals surface area contributed by atoms with Crippen molar-refractivity contribution in [2.45, 2.75) is 13.0 Å². The third-order valence-corrected chi connectivity index (χ3v) is 4.27. The lowest BCUT2D eigenvalue weighted by atomic mass is 10.1. The van der Waals surface area contributed by atoms with Gasteiger partial charge in [0, 0.05) is 16.8 Å². The molecule has 0 atom stereocenters. The van der Waals surface area contributed by atoms with Crippen LogP contribution >= 0.6 is 11.6 Å². The fourth-order valence-electron chi connectivity index (χ4n) is 2.43. The Morgan fingerprint density at radius 2 is 1.77 bits per heavy atom. The Labute approximate surface area is 173 Å². The summed E-state index contributed by atoms with van der Waals surface area (Å²) in [5, 5.41) is 10.6. The van der Waals surface area contributed by atoms with Crippen molar-refractivity contribution in [1.29, 1.82) is 0 Å². The number of rotatable bonds is 8. The van der Waals surface area contributed by atoms with Crippen molar-refractivity contribution >= 4 is 34.9 Å². The van der Waals surface area contributed by atoms with Gasteiger partial charge in [0.05, 0.1) is 18.1 Å². The molecule has 2 N–H and O–H groups in total. The number of benzene rings is 2. The smallest absolute Gasteiger partial charge is 0.315 e. The van der Waals surface area contributed by atoms with E-state index in [4.69, 9.17) is 11.6 Å². The number of hydrogen-bond donors (Lipinski definition) is 2. The molecule has 2 amide bonds. The zero-order valence-electron chi connectivity index (χ0n) is 15.2. The molecule has 2 aromatic carbocycles. The minimum Gasteiger partial charge on any atom is -0.387 e. The van der Waals surface area contributed by atoms with Gasteiger partial charge in [-0.1, -0.05) is 23.7 Å². The maximum absolute atomic E-state index is 14.5. The third kappa shape index (κ3) is 5.77. The van der Waals surface area contributed by atoms with Crippen molar-refractivity contribution in [3.8, 4) is 0 Å². The Balaban J connectivity index is 2.21. The average Bonchev–Trinajstić information content (AvgIpc) is 2.72. The minimum absolute atomic E-state index is 0.0505. The number of hydrogen-bond acceptors (Lipinski definition) is 4. The zero-order chi connectivity index (χ0) is 22.4. The van der Waals surface area contributed by atoms with Crippen LogP contribution in [0.2, 0.25) is 5.02 Å².